The molecule has 0 radical (unpaired) electrons. The van der Waals surface area contributed by atoms with E-state index in [9.17, 15) is 0 Å². The van der Waals surface area contributed by atoms with E-state index in [2.05, 4.69) is 15.3 Å². The van der Waals surface area contributed by atoms with E-state index >= 15 is 0 Å². The fourth-order valence-electron chi connectivity index (χ4n) is 1.97. The Hall–Kier alpha value is -2.20. The van der Waals surface area contributed by atoms with Gasteiger partial charge in [-0.1, -0.05) is 11.6 Å². The summed E-state index contributed by atoms with van der Waals surface area (Å²) in [6, 6.07) is 13.3. The van der Waals surface area contributed by atoms with E-state index in [1.54, 1.807) is 0 Å². The van der Waals surface area contributed by atoms with Crippen molar-refractivity contribution in [1.82, 2.24) is 9.97 Å². The number of nitrogens with zero attached hydrogens (tertiary/aromatic N) is 1. The van der Waals surface area contributed by atoms with Gasteiger partial charge in [0.2, 0.25) is 5.95 Å². The molecule has 3 aromatic rings. The summed E-state index contributed by atoms with van der Waals surface area (Å²) in [6.45, 7) is 2.61. The predicted octanol–water partition coefficient (Wildman–Crippen LogP) is 4.36. The van der Waals surface area contributed by atoms with Crippen LogP contribution in [-0.4, -0.2) is 16.6 Å². The van der Waals surface area contributed by atoms with Gasteiger partial charge in [-0.3, -0.25) is 0 Å². The summed E-state index contributed by atoms with van der Waals surface area (Å²) < 4.78 is 5.47. The Kier molecular flexibility index (Phi) is 3.48. The van der Waals surface area contributed by atoms with E-state index in [-0.39, 0.29) is 0 Å². The standard InChI is InChI=1S/C15H14ClN3O/c1-2-20-12-7-8-13-14(9-12)19-15(18-13)17-11-5-3-10(16)4-6-11/h3-9H,2H2,1H3,(H2,17,18,19). The number of ether oxygens (including phenoxy) is 1. The largest absolute Gasteiger partial charge is 0.494 e. The Morgan fingerprint density at radius 2 is 2.00 bits per heavy atom. The number of fused-ring (bicyclic) bond motifs is 1. The lowest BCUT2D eigenvalue weighted by Gasteiger charge is -2.01. The van der Waals surface area contributed by atoms with E-state index < -0.39 is 0 Å². The Balaban J connectivity index is 1.86. The number of anilines is 2. The second-order valence-corrected chi connectivity index (χ2v) is 4.77. The number of aromatic nitrogens is 2. The minimum atomic E-state index is 0.648. The number of rotatable bonds is 4. The minimum absolute atomic E-state index is 0.648. The first-order valence-corrected chi connectivity index (χ1v) is 6.77. The molecular formula is C15H14ClN3O. The molecule has 4 nitrogen and oxygen atoms in total. The van der Waals surface area contributed by atoms with Crippen molar-refractivity contribution >= 4 is 34.3 Å². The number of halogens is 1. The molecule has 3 rings (SSSR count). The van der Waals surface area contributed by atoms with Crippen molar-refractivity contribution in [2.24, 2.45) is 0 Å². The van der Waals surface area contributed by atoms with Crippen molar-refractivity contribution in [2.75, 3.05) is 11.9 Å². The first kappa shape index (κ1) is 12.8. The van der Waals surface area contributed by atoms with E-state index in [1.165, 1.54) is 0 Å². The van der Waals surface area contributed by atoms with Gasteiger partial charge in [0.1, 0.15) is 5.75 Å². The summed E-state index contributed by atoms with van der Waals surface area (Å²) in [5.74, 6) is 1.53. The summed E-state index contributed by atoms with van der Waals surface area (Å²) in [5.41, 5.74) is 2.76. The second kappa shape index (κ2) is 5.43. The molecule has 1 aromatic heterocycles. The zero-order valence-electron chi connectivity index (χ0n) is 11.0. The molecule has 0 bridgehead atoms. The van der Waals surface area contributed by atoms with Gasteiger partial charge in [0.15, 0.2) is 0 Å². The molecule has 2 N–H and O–H groups in total. The summed E-state index contributed by atoms with van der Waals surface area (Å²) in [7, 11) is 0. The van der Waals surface area contributed by atoms with Crippen molar-refractivity contribution in [2.45, 2.75) is 6.92 Å². The van der Waals surface area contributed by atoms with Crippen LogP contribution in [0.25, 0.3) is 11.0 Å². The maximum atomic E-state index is 5.86. The van der Waals surface area contributed by atoms with Gasteiger partial charge < -0.3 is 15.0 Å². The highest BCUT2D eigenvalue weighted by atomic mass is 35.5. The van der Waals surface area contributed by atoms with Crippen molar-refractivity contribution in [3.05, 3.63) is 47.5 Å². The van der Waals surface area contributed by atoms with Crippen LogP contribution >= 0.6 is 11.6 Å². The minimum Gasteiger partial charge on any atom is -0.494 e. The Bertz CT molecular complexity index is 722. The van der Waals surface area contributed by atoms with Crippen LogP contribution in [0.4, 0.5) is 11.6 Å². The predicted molar refractivity (Wildman–Crippen MR) is 82.0 cm³/mol. The third-order valence-electron chi connectivity index (χ3n) is 2.87. The van der Waals surface area contributed by atoms with Gasteiger partial charge in [-0.25, -0.2) is 4.98 Å². The highest BCUT2D eigenvalue weighted by molar-refractivity contribution is 6.30. The molecule has 20 heavy (non-hydrogen) atoms. The lowest BCUT2D eigenvalue weighted by Crippen LogP contribution is -1.91. The smallest absolute Gasteiger partial charge is 0.205 e. The average Bonchev–Trinajstić information content (AvgIpc) is 2.83. The number of imidazole rings is 1. The molecule has 1 heterocycles. The van der Waals surface area contributed by atoms with Crippen LogP contribution in [0.15, 0.2) is 42.5 Å². The van der Waals surface area contributed by atoms with E-state index in [4.69, 9.17) is 16.3 Å². The summed E-state index contributed by atoms with van der Waals surface area (Å²) in [6.07, 6.45) is 0. The fraction of sp³-hybridized carbons (Fsp3) is 0.133. The zero-order valence-corrected chi connectivity index (χ0v) is 11.7. The SMILES string of the molecule is CCOc1ccc2nc(Nc3ccc(Cl)cc3)[nH]c2c1. The first-order chi connectivity index (χ1) is 9.74. The van der Waals surface area contributed by atoms with Crippen LogP contribution in [0, 0.1) is 0 Å². The van der Waals surface area contributed by atoms with Crippen LogP contribution in [-0.2, 0) is 0 Å². The van der Waals surface area contributed by atoms with Gasteiger partial charge in [-0.05, 0) is 43.3 Å². The molecule has 0 aliphatic heterocycles. The molecule has 0 unspecified atom stereocenters. The maximum Gasteiger partial charge on any atom is 0.205 e. The number of H-pyrrole nitrogens is 1. The molecule has 0 aliphatic carbocycles. The molecule has 0 aliphatic rings. The molecule has 0 saturated heterocycles. The van der Waals surface area contributed by atoms with E-state index in [1.807, 2.05) is 49.4 Å². The number of hydrogen-bond donors (Lipinski definition) is 2. The highest BCUT2D eigenvalue weighted by Gasteiger charge is 2.04. The first-order valence-electron chi connectivity index (χ1n) is 6.40. The number of hydrogen-bond acceptors (Lipinski definition) is 3. The number of nitrogens with one attached hydrogen (secondary N) is 2. The monoisotopic (exact) mass is 287 g/mol. The van der Waals surface area contributed by atoms with Gasteiger partial charge in [-0.2, -0.15) is 0 Å². The van der Waals surface area contributed by atoms with Crippen LogP contribution < -0.4 is 10.1 Å². The molecule has 0 fully saturated rings. The van der Waals surface area contributed by atoms with Gasteiger partial charge in [0, 0.05) is 16.8 Å². The third-order valence-corrected chi connectivity index (χ3v) is 3.12. The Morgan fingerprint density at radius 1 is 1.20 bits per heavy atom. The van der Waals surface area contributed by atoms with E-state index in [0.29, 0.717) is 17.6 Å². The molecular weight excluding hydrogens is 274 g/mol. The fourth-order valence-corrected chi connectivity index (χ4v) is 2.10. The highest BCUT2D eigenvalue weighted by Crippen LogP contribution is 2.23. The molecule has 5 heteroatoms. The molecule has 0 spiro atoms. The molecule has 0 atom stereocenters. The molecule has 0 saturated carbocycles. The van der Waals surface area contributed by atoms with Gasteiger partial charge in [0.05, 0.1) is 17.6 Å². The molecule has 2 aromatic carbocycles. The number of aromatic amines is 1. The number of benzene rings is 2. The normalized spacial score (nSPS) is 10.7. The van der Waals surface area contributed by atoms with Gasteiger partial charge >= 0.3 is 0 Å². The van der Waals surface area contributed by atoms with Crippen molar-refractivity contribution in [1.29, 1.82) is 0 Å². The van der Waals surface area contributed by atoms with Crippen LogP contribution in [0.1, 0.15) is 6.92 Å². The maximum absolute atomic E-state index is 5.86. The lowest BCUT2D eigenvalue weighted by atomic mass is 10.3. The Morgan fingerprint density at radius 3 is 2.75 bits per heavy atom. The zero-order chi connectivity index (χ0) is 13.9. The third kappa shape index (κ3) is 2.70. The van der Waals surface area contributed by atoms with Crippen LogP contribution in [0.5, 0.6) is 5.75 Å². The van der Waals surface area contributed by atoms with Crippen molar-refractivity contribution in [3.8, 4) is 5.75 Å². The van der Waals surface area contributed by atoms with Crippen molar-refractivity contribution < 1.29 is 4.74 Å². The molecule has 0 amide bonds. The van der Waals surface area contributed by atoms with E-state index in [0.717, 1.165) is 22.5 Å². The Labute approximate surface area is 121 Å². The van der Waals surface area contributed by atoms with Gasteiger partial charge in [-0.15, -0.1) is 0 Å². The average molecular weight is 288 g/mol. The van der Waals surface area contributed by atoms with Crippen molar-refractivity contribution in [3.63, 3.8) is 0 Å². The topological polar surface area (TPSA) is 49.9 Å². The summed E-state index contributed by atoms with van der Waals surface area (Å²) in [4.78, 5) is 7.70. The second-order valence-electron chi connectivity index (χ2n) is 4.33. The summed E-state index contributed by atoms with van der Waals surface area (Å²) in [5, 5.41) is 3.92. The van der Waals surface area contributed by atoms with Gasteiger partial charge in [0.25, 0.3) is 0 Å². The van der Waals surface area contributed by atoms with Crippen LogP contribution in [0.3, 0.4) is 0 Å². The quantitative estimate of drug-likeness (QED) is 0.749. The summed E-state index contributed by atoms with van der Waals surface area (Å²) >= 11 is 5.86. The lowest BCUT2D eigenvalue weighted by molar-refractivity contribution is 0.340. The molecule has 102 valence electrons. The van der Waals surface area contributed by atoms with Crippen LogP contribution in [0.2, 0.25) is 5.02 Å².